The van der Waals surface area contributed by atoms with Crippen molar-refractivity contribution in [3.8, 4) is 17.4 Å². The summed E-state index contributed by atoms with van der Waals surface area (Å²) in [7, 11) is 1.26. The number of hydrogen-bond donors (Lipinski definition) is 1. The van der Waals surface area contributed by atoms with E-state index in [-0.39, 0.29) is 10.9 Å². The summed E-state index contributed by atoms with van der Waals surface area (Å²) >= 11 is 16.0. The van der Waals surface area contributed by atoms with E-state index >= 15 is 0 Å². The van der Waals surface area contributed by atoms with Crippen LogP contribution in [-0.4, -0.2) is 23.0 Å². The molecule has 0 aliphatic carbocycles. The minimum Gasteiger partial charge on any atom is -0.466 e. The number of aromatic nitrogens is 1. The minimum absolute atomic E-state index is 0.196. The van der Waals surface area contributed by atoms with Crippen molar-refractivity contribution < 1.29 is 19.0 Å². The summed E-state index contributed by atoms with van der Waals surface area (Å²) in [6, 6.07) is 8.06. The molecule has 122 valence electrons. The van der Waals surface area contributed by atoms with Gasteiger partial charge >= 0.3 is 5.97 Å². The predicted octanol–water partition coefficient (Wildman–Crippen LogP) is 4.38. The molecule has 8 heteroatoms. The van der Waals surface area contributed by atoms with Crippen LogP contribution in [0.4, 0.5) is 0 Å². The van der Waals surface area contributed by atoms with Gasteiger partial charge in [-0.2, -0.15) is 0 Å². The van der Waals surface area contributed by atoms with E-state index in [2.05, 4.69) is 22.3 Å². The van der Waals surface area contributed by atoms with E-state index < -0.39 is 10.9 Å². The summed E-state index contributed by atoms with van der Waals surface area (Å²) in [5.74, 6) is 0.496. The largest absolute Gasteiger partial charge is 0.466 e. The van der Waals surface area contributed by atoms with Crippen molar-refractivity contribution in [3.63, 3.8) is 0 Å². The molecular weight excluding hydrogens is 361 g/mol. The average Bonchev–Trinajstić information content (AvgIpc) is 2.52. The van der Waals surface area contributed by atoms with Crippen molar-refractivity contribution in [2.75, 3.05) is 7.11 Å². The Morgan fingerprint density at radius 3 is 2.39 bits per heavy atom. The number of benzene rings is 1. The van der Waals surface area contributed by atoms with E-state index in [1.165, 1.54) is 20.2 Å². The average molecular weight is 374 g/mol. The van der Waals surface area contributed by atoms with E-state index in [1.54, 1.807) is 30.3 Å². The first-order valence-corrected chi connectivity index (χ1v) is 7.61. The second kappa shape index (κ2) is 7.29. The molecule has 1 heterocycles. The Morgan fingerprint density at radius 1 is 1.17 bits per heavy atom. The molecule has 0 aliphatic heterocycles. The van der Waals surface area contributed by atoms with Crippen molar-refractivity contribution in [1.29, 1.82) is 0 Å². The van der Waals surface area contributed by atoms with Crippen LogP contribution < -0.4 is 9.47 Å². The third-order valence-electron chi connectivity index (χ3n) is 2.73. The second-order valence-electron chi connectivity index (χ2n) is 4.56. The fourth-order valence-electron chi connectivity index (χ4n) is 1.62. The number of halogens is 2. The molecule has 1 unspecified atom stereocenters. The molecule has 0 spiro atoms. The highest BCUT2D eigenvalue weighted by Gasteiger charge is 2.32. The summed E-state index contributed by atoms with van der Waals surface area (Å²) in [6.45, 7) is 1.49. The van der Waals surface area contributed by atoms with Crippen molar-refractivity contribution in [2.24, 2.45) is 0 Å². The summed E-state index contributed by atoms with van der Waals surface area (Å²) < 4.78 is 15.6. The maximum atomic E-state index is 11.5. The normalized spacial score (nSPS) is 13.1. The van der Waals surface area contributed by atoms with Gasteiger partial charge in [-0.25, -0.2) is 9.78 Å². The van der Waals surface area contributed by atoms with Gasteiger partial charge in [0.15, 0.2) is 0 Å². The first-order chi connectivity index (χ1) is 10.8. The van der Waals surface area contributed by atoms with Gasteiger partial charge in [-0.05, 0) is 37.3 Å². The molecule has 2 rings (SSSR count). The molecule has 0 radical (unpaired) electrons. The first-order valence-electron chi connectivity index (χ1n) is 6.41. The molecule has 1 atom stereocenters. The first kappa shape index (κ1) is 17.7. The van der Waals surface area contributed by atoms with Crippen molar-refractivity contribution in [2.45, 2.75) is 11.9 Å². The van der Waals surface area contributed by atoms with Gasteiger partial charge in [-0.3, -0.25) is 0 Å². The number of thiol groups is 1. The summed E-state index contributed by atoms with van der Waals surface area (Å²) in [5, 5.41) is 0.573. The molecule has 0 fully saturated rings. The van der Waals surface area contributed by atoms with Gasteiger partial charge in [0.25, 0.3) is 0 Å². The third kappa shape index (κ3) is 4.43. The van der Waals surface area contributed by atoms with Crippen LogP contribution in [-0.2, 0) is 9.53 Å². The van der Waals surface area contributed by atoms with E-state index in [4.69, 9.17) is 32.7 Å². The highest BCUT2D eigenvalue weighted by Crippen LogP contribution is 2.33. The zero-order chi connectivity index (χ0) is 17.0. The number of ether oxygens (including phenoxy) is 3. The van der Waals surface area contributed by atoms with Crippen molar-refractivity contribution in [1.82, 2.24) is 4.98 Å². The highest BCUT2D eigenvalue weighted by atomic mass is 35.5. The fraction of sp³-hybridized carbons (Fsp3) is 0.200. The predicted molar refractivity (Wildman–Crippen MR) is 90.8 cm³/mol. The summed E-state index contributed by atoms with van der Waals surface area (Å²) in [5.41, 5.74) is 0. The molecule has 1 aromatic heterocycles. The Balaban J connectivity index is 2.11. The zero-order valence-corrected chi connectivity index (χ0v) is 14.7. The van der Waals surface area contributed by atoms with Gasteiger partial charge in [-0.15, -0.1) is 12.6 Å². The number of esters is 1. The molecule has 0 bridgehead atoms. The molecule has 23 heavy (non-hydrogen) atoms. The minimum atomic E-state index is -1.39. The van der Waals surface area contributed by atoms with Gasteiger partial charge in [0.1, 0.15) is 16.5 Å². The maximum Gasteiger partial charge on any atom is 0.360 e. The number of rotatable bonds is 5. The lowest BCUT2D eigenvalue weighted by molar-refractivity contribution is -0.150. The van der Waals surface area contributed by atoms with Crippen LogP contribution >= 0.6 is 35.8 Å². The lowest BCUT2D eigenvalue weighted by Gasteiger charge is -2.22. The van der Waals surface area contributed by atoms with Crippen LogP contribution in [0.1, 0.15) is 6.92 Å². The molecule has 5 nitrogen and oxygen atoms in total. The molecule has 0 N–H and O–H groups in total. The lowest BCUT2D eigenvalue weighted by Crippen LogP contribution is -2.36. The van der Waals surface area contributed by atoms with E-state index in [9.17, 15) is 4.79 Å². The smallest absolute Gasteiger partial charge is 0.360 e. The molecular formula is C15H13Cl2NO4S. The van der Waals surface area contributed by atoms with Gasteiger partial charge in [-0.1, -0.05) is 23.2 Å². The van der Waals surface area contributed by atoms with Crippen LogP contribution in [0.2, 0.25) is 10.0 Å². The third-order valence-corrected chi connectivity index (χ3v) is 3.78. The molecule has 2 aromatic rings. The number of carbonyl (C=O) groups excluding carboxylic acids is 1. The quantitative estimate of drug-likeness (QED) is 0.478. The van der Waals surface area contributed by atoms with E-state index in [0.29, 0.717) is 16.5 Å². The Labute approximate surface area is 148 Å². The van der Waals surface area contributed by atoms with E-state index in [0.717, 1.165) is 0 Å². The number of carbonyl (C=O) groups is 1. The number of nitrogens with zero attached hydrogens (tertiary/aromatic N) is 1. The Morgan fingerprint density at radius 2 is 1.78 bits per heavy atom. The molecule has 1 aromatic carbocycles. The Bertz CT molecular complexity index is 707. The van der Waals surface area contributed by atoms with Gasteiger partial charge in [0.05, 0.1) is 12.1 Å². The number of methoxy groups -OCH3 is 1. The standard InChI is InChI=1S/C15H13Cl2NO4S/c1-15(23,14(19)20-2)22-10-5-3-9(4-6-10)21-13-12(17)11(16)7-8-18-13/h3-8,23H,1-2H3. The van der Waals surface area contributed by atoms with Crippen LogP contribution in [0.25, 0.3) is 0 Å². The molecule has 0 saturated heterocycles. The SMILES string of the molecule is COC(=O)C(C)(S)Oc1ccc(Oc2nccc(Cl)c2Cl)cc1. The van der Waals surface area contributed by atoms with Gasteiger partial charge in [0, 0.05) is 6.20 Å². The molecule has 0 amide bonds. The van der Waals surface area contributed by atoms with Crippen LogP contribution in [0.5, 0.6) is 17.4 Å². The fourth-order valence-corrected chi connectivity index (χ4v) is 2.11. The van der Waals surface area contributed by atoms with Gasteiger partial charge < -0.3 is 14.2 Å². The van der Waals surface area contributed by atoms with Crippen molar-refractivity contribution in [3.05, 3.63) is 46.6 Å². The number of hydrogen-bond acceptors (Lipinski definition) is 6. The van der Waals surface area contributed by atoms with Crippen LogP contribution in [0, 0.1) is 0 Å². The van der Waals surface area contributed by atoms with Crippen LogP contribution in [0.15, 0.2) is 36.5 Å². The summed E-state index contributed by atoms with van der Waals surface area (Å²) in [4.78, 5) is 14.1. The van der Waals surface area contributed by atoms with Gasteiger partial charge in [0.2, 0.25) is 10.8 Å². The van der Waals surface area contributed by atoms with Crippen LogP contribution in [0.3, 0.4) is 0 Å². The number of pyridine rings is 1. The topological polar surface area (TPSA) is 57.7 Å². The monoisotopic (exact) mass is 373 g/mol. The molecule has 0 aliphatic rings. The van der Waals surface area contributed by atoms with Crippen molar-refractivity contribution >= 4 is 41.8 Å². The second-order valence-corrected chi connectivity index (χ2v) is 6.20. The highest BCUT2D eigenvalue weighted by molar-refractivity contribution is 7.82. The van der Waals surface area contributed by atoms with E-state index in [1.807, 2.05) is 0 Å². The summed E-state index contributed by atoms with van der Waals surface area (Å²) in [6.07, 6.45) is 1.49. The molecule has 0 saturated carbocycles. The maximum absolute atomic E-state index is 11.5. The lowest BCUT2D eigenvalue weighted by atomic mass is 10.3. The zero-order valence-electron chi connectivity index (χ0n) is 12.2. The Kier molecular flexibility index (Phi) is 5.62. The Hall–Kier alpha value is -1.63.